The van der Waals surface area contributed by atoms with E-state index in [0.717, 1.165) is 42.2 Å². The van der Waals surface area contributed by atoms with Crippen molar-refractivity contribution in [2.45, 2.75) is 6.61 Å². The van der Waals surface area contributed by atoms with E-state index in [-0.39, 0.29) is 0 Å². The summed E-state index contributed by atoms with van der Waals surface area (Å²) in [6.07, 6.45) is 1.90. The molecular formula is C26H17Br2NO. The van der Waals surface area contributed by atoms with Crippen LogP contribution in [0.2, 0.25) is 0 Å². The lowest BCUT2D eigenvalue weighted by Crippen LogP contribution is -1.96. The molecule has 0 saturated carbocycles. The molecule has 0 bridgehead atoms. The van der Waals surface area contributed by atoms with Crippen LogP contribution in [-0.2, 0) is 6.61 Å². The maximum Gasteiger partial charge on any atom is 0.134 e. The minimum Gasteiger partial charge on any atom is -0.488 e. The summed E-state index contributed by atoms with van der Waals surface area (Å²) in [5, 5.41) is 12.0. The van der Waals surface area contributed by atoms with E-state index in [1.165, 1.54) is 0 Å². The minimum absolute atomic E-state index is 0.488. The van der Waals surface area contributed by atoms with E-state index in [0.29, 0.717) is 12.2 Å². The molecule has 0 heterocycles. The van der Waals surface area contributed by atoms with Gasteiger partial charge in [0.2, 0.25) is 0 Å². The number of ether oxygens (including phenoxy) is 1. The summed E-state index contributed by atoms with van der Waals surface area (Å²) < 4.78 is 7.83. The topological polar surface area (TPSA) is 33.0 Å². The van der Waals surface area contributed by atoms with Gasteiger partial charge in [0.25, 0.3) is 0 Å². The van der Waals surface area contributed by atoms with E-state index in [2.05, 4.69) is 56.1 Å². The van der Waals surface area contributed by atoms with Gasteiger partial charge >= 0.3 is 0 Å². The van der Waals surface area contributed by atoms with Crippen molar-refractivity contribution in [2.75, 3.05) is 0 Å². The Hall–Kier alpha value is -2.87. The Bertz CT molecular complexity index is 1270. The SMILES string of the molecule is N#C/C(=C/c1ccc(OCc2ccc(Br)cc2)c(Br)c1)c1ccc2ccccc2c1. The van der Waals surface area contributed by atoms with Gasteiger partial charge in [0.1, 0.15) is 12.4 Å². The van der Waals surface area contributed by atoms with Crippen LogP contribution in [-0.4, -0.2) is 0 Å². The normalized spacial score (nSPS) is 11.3. The quantitative estimate of drug-likeness (QED) is 0.198. The number of benzene rings is 4. The molecule has 0 aliphatic heterocycles. The van der Waals surface area contributed by atoms with Crippen molar-refractivity contribution in [1.29, 1.82) is 5.26 Å². The highest BCUT2D eigenvalue weighted by Crippen LogP contribution is 2.29. The Morgan fingerprint density at radius 2 is 1.63 bits per heavy atom. The van der Waals surface area contributed by atoms with Gasteiger partial charge in [-0.3, -0.25) is 0 Å². The lowest BCUT2D eigenvalue weighted by Gasteiger charge is -2.09. The summed E-state index contributed by atoms with van der Waals surface area (Å²) in [7, 11) is 0. The number of nitriles is 1. The van der Waals surface area contributed by atoms with E-state index in [9.17, 15) is 5.26 Å². The Morgan fingerprint density at radius 3 is 2.37 bits per heavy atom. The van der Waals surface area contributed by atoms with Crippen LogP contribution >= 0.6 is 31.9 Å². The van der Waals surface area contributed by atoms with Crippen molar-refractivity contribution < 1.29 is 4.74 Å². The zero-order valence-electron chi connectivity index (χ0n) is 16.0. The first-order chi connectivity index (χ1) is 14.6. The molecule has 4 rings (SSSR count). The number of hydrogen-bond acceptors (Lipinski definition) is 2. The molecule has 0 spiro atoms. The van der Waals surface area contributed by atoms with Crippen LogP contribution in [0.15, 0.2) is 93.9 Å². The standard InChI is InChI=1S/C26H17Br2NO/c27-24-10-5-18(6-11-24)17-30-26-12-7-19(14-25(26)28)13-23(16-29)22-9-8-20-3-1-2-4-21(20)15-22/h1-15H,17H2/b23-13-. The van der Waals surface area contributed by atoms with Gasteiger partial charge in [-0.25, -0.2) is 0 Å². The van der Waals surface area contributed by atoms with Crippen molar-refractivity contribution in [3.05, 3.63) is 111 Å². The van der Waals surface area contributed by atoms with Crippen LogP contribution in [0.5, 0.6) is 5.75 Å². The maximum atomic E-state index is 9.71. The van der Waals surface area contributed by atoms with Crippen LogP contribution in [0.25, 0.3) is 22.4 Å². The molecule has 0 radical (unpaired) electrons. The molecule has 0 aliphatic carbocycles. The lowest BCUT2D eigenvalue weighted by atomic mass is 10.0. The zero-order valence-corrected chi connectivity index (χ0v) is 19.2. The van der Waals surface area contributed by atoms with Crippen LogP contribution in [0, 0.1) is 11.3 Å². The van der Waals surface area contributed by atoms with Gasteiger partial charge in [-0.1, -0.05) is 70.5 Å². The molecule has 0 unspecified atom stereocenters. The molecule has 2 nitrogen and oxygen atoms in total. The molecule has 4 heteroatoms. The Balaban J connectivity index is 1.55. The second-order valence-electron chi connectivity index (χ2n) is 6.84. The van der Waals surface area contributed by atoms with Crippen LogP contribution in [0.3, 0.4) is 0 Å². The van der Waals surface area contributed by atoms with Gasteiger partial charge in [-0.2, -0.15) is 5.26 Å². The van der Waals surface area contributed by atoms with Crippen molar-refractivity contribution in [2.24, 2.45) is 0 Å². The molecule has 0 aliphatic rings. The van der Waals surface area contributed by atoms with Gasteiger partial charge < -0.3 is 4.74 Å². The summed E-state index contributed by atoms with van der Waals surface area (Å²) in [5.41, 5.74) is 3.55. The average molecular weight is 519 g/mol. The molecule has 0 saturated heterocycles. The molecule has 0 atom stereocenters. The van der Waals surface area contributed by atoms with Gasteiger partial charge in [-0.05, 0) is 79.8 Å². The molecule has 4 aromatic rings. The maximum absolute atomic E-state index is 9.71. The lowest BCUT2D eigenvalue weighted by molar-refractivity contribution is 0.304. The van der Waals surface area contributed by atoms with Gasteiger partial charge in [0.15, 0.2) is 0 Å². The smallest absolute Gasteiger partial charge is 0.134 e. The summed E-state index contributed by atoms with van der Waals surface area (Å²) in [6, 6.07) is 30.5. The first kappa shape index (κ1) is 20.4. The largest absolute Gasteiger partial charge is 0.488 e. The number of allylic oxidation sites excluding steroid dienone is 1. The summed E-state index contributed by atoms with van der Waals surface area (Å²) in [4.78, 5) is 0. The molecule has 146 valence electrons. The summed E-state index contributed by atoms with van der Waals surface area (Å²) in [5.74, 6) is 0.763. The van der Waals surface area contributed by atoms with Gasteiger partial charge in [0, 0.05) is 4.47 Å². The minimum atomic E-state index is 0.488. The predicted octanol–water partition coefficient (Wildman–Crippen LogP) is 8.01. The Kier molecular flexibility index (Phi) is 6.32. The second-order valence-corrected chi connectivity index (χ2v) is 8.61. The van der Waals surface area contributed by atoms with Crippen LogP contribution < -0.4 is 4.74 Å². The third-order valence-electron chi connectivity index (χ3n) is 4.76. The molecule has 0 N–H and O–H groups in total. The van der Waals surface area contributed by atoms with E-state index >= 15 is 0 Å². The van der Waals surface area contributed by atoms with Crippen LogP contribution in [0.1, 0.15) is 16.7 Å². The first-order valence-corrected chi connectivity index (χ1v) is 11.0. The van der Waals surface area contributed by atoms with E-state index in [1.54, 1.807) is 0 Å². The third kappa shape index (κ3) is 4.81. The van der Waals surface area contributed by atoms with Crippen molar-refractivity contribution in [3.63, 3.8) is 0 Å². The fraction of sp³-hybridized carbons (Fsp3) is 0.0385. The Labute approximate surface area is 192 Å². The van der Waals surface area contributed by atoms with Crippen molar-refractivity contribution in [3.8, 4) is 11.8 Å². The Morgan fingerprint density at radius 1 is 0.867 bits per heavy atom. The molecule has 30 heavy (non-hydrogen) atoms. The van der Waals surface area contributed by atoms with Gasteiger partial charge in [0.05, 0.1) is 16.1 Å². The van der Waals surface area contributed by atoms with Crippen LogP contribution in [0.4, 0.5) is 0 Å². The zero-order chi connectivity index (χ0) is 20.9. The van der Waals surface area contributed by atoms with E-state index < -0.39 is 0 Å². The summed E-state index contributed by atoms with van der Waals surface area (Å²) >= 11 is 7.03. The van der Waals surface area contributed by atoms with E-state index in [4.69, 9.17) is 4.74 Å². The van der Waals surface area contributed by atoms with Crippen molar-refractivity contribution >= 4 is 54.3 Å². The first-order valence-electron chi connectivity index (χ1n) is 9.40. The highest BCUT2D eigenvalue weighted by Gasteiger charge is 2.06. The predicted molar refractivity (Wildman–Crippen MR) is 130 cm³/mol. The third-order valence-corrected chi connectivity index (χ3v) is 5.90. The number of rotatable bonds is 5. The monoisotopic (exact) mass is 517 g/mol. The molecule has 0 fully saturated rings. The molecule has 0 amide bonds. The highest BCUT2D eigenvalue weighted by molar-refractivity contribution is 9.10. The van der Waals surface area contributed by atoms with Gasteiger partial charge in [-0.15, -0.1) is 0 Å². The molecule has 4 aromatic carbocycles. The summed E-state index contributed by atoms with van der Waals surface area (Å²) in [6.45, 7) is 0.488. The molecule has 0 aromatic heterocycles. The number of nitrogens with zero attached hydrogens (tertiary/aromatic N) is 1. The number of hydrogen-bond donors (Lipinski definition) is 0. The second kappa shape index (κ2) is 9.30. The molecular weight excluding hydrogens is 502 g/mol. The fourth-order valence-electron chi connectivity index (χ4n) is 3.17. The van der Waals surface area contributed by atoms with Crippen molar-refractivity contribution in [1.82, 2.24) is 0 Å². The highest BCUT2D eigenvalue weighted by atomic mass is 79.9. The van der Waals surface area contributed by atoms with E-state index in [1.807, 2.05) is 72.8 Å². The number of halogens is 2. The fourth-order valence-corrected chi connectivity index (χ4v) is 3.94. The number of fused-ring (bicyclic) bond motifs is 1. The average Bonchev–Trinajstić information content (AvgIpc) is 2.77.